The SMILES string of the molecule is CC(=O)c1ccn(C(=O)C2CCC3(CC2)CCN(Cc2cccc(Cl)c2)C3)n1. The third kappa shape index (κ3) is 4.06. The first kappa shape index (κ1) is 19.3. The fourth-order valence-corrected chi connectivity index (χ4v) is 4.98. The average Bonchev–Trinajstić information content (AvgIpc) is 3.30. The number of likely N-dealkylation sites (tertiary alicyclic amines) is 1. The Morgan fingerprint density at radius 3 is 2.68 bits per heavy atom. The van der Waals surface area contributed by atoms with Gasteiger partial charge in [0, 0.05) is 37.2 Å². The van der Waals surface area contributed by atoms with Gasteiger partial charge in [-0.2, -0.15) is 5.10 Å². The lowest BCUT2D eigenvalue weighted by molar-refractivity contribution is 0.0705. The minimum atomic E-state index is -0.111. The van der Waals surface area contributed by atoms with E-state index in [1.54, 1.807) is 12.3 Å². The van der Waals surface area contributed by atoms with Gasteiger partial charge in [0.1, 0.15) is 5.69 Å². The summed E-state index contributed by atoms with van der Waals surface area (Å²) < 4.78 is 1.36. The van der Waals surface area contributed by atoms with Crippen molar-refractivity contribution in [2.75, 3.05) is 13.1 Å². The normalized spacial score (nSPS) is 25.3. The van der Waals surface area contributed by atoms with Gasteiger partial charge in [0.2, 0.25) is 5.91 Å². The van der Waals surface area contributed by atoms with Gasteiger partial charge in [0.05, 0.1) is 0 Å². The summed E-state index contributed by atoms with van der Waals surface area (Å²) in [4.78, 5) is 26.7. The van der Waals surface area contributed by atoms with E-state index in [4.69, 9.17) is 11.6 Å². The van der Waals surface area contributed by atoms with Crippen LogP contribution in [0.5, 0.6) is 0 Å². The quantitative estimate of drug-likeness (QED) is 0.712. The molecular formula is C22H26ClN3O2. The molecule has 1 saturated carbocycles. The van der Waals surface area contributed by atoms with E-state index in [1.807, 2.05) is 18.2 Å². The van der Waals surface area contributed by atoms with Crippen molar-refractivity contribution < 1.29 is 9.59 Å². The smallest absolute Gasteiger partial charge is 0.249 e. The van der Waals surface area contributed by atoms with Crippen LogP contribution in [-0.2, 0) is 6.54 Å². The van der Waals surface area contributed by atoms with Crippen molar-refractivity contribution in [3.8, 4) is 0 Å². The lowest BCUT2D eigenvalue weighted by Crippen LogP contribution is -2.35. The fraction of sp³-hybridized carbons (Fsp3) is 0.500. The molecule has 0 atom stereocenters. The fourth-order valence-electron chi connectivity index (χ4n) is 4.76. The second-order valence-corrected chi connectivity index (χ2v) is 8.84. The van der Waals surface area contributed by atoms with E-state index in [0.717, 1.165) is 50.3 Å². The molecule has 1 spiro atoms. The first-order chi connectivity index (χ1) is 13.4. The van der Waals surface area contributed by atoms with E-state index in [-0.39, 0.29) is 17.6 Å². The summed E-state index contributed by atoms with van der Waals surface area (Å²) in [6.07, 6.45) is 6.78. The molecule has 2 aromatic rings. The molecule has 0 radical (unpaired) electrons. The Bertz CT molecular complexity index is 883. The minimum Gasteiger partial charge on any atom is -0.299 e. The third-order valence-electron chi connectivity index (χ3n) is 6.38. The van der Waals surface area contributed by atoms with E-state index < -0.39 is 0 Å². The Kier molecular flexibility index (Phi) is 5.39. The van der Waals surface area contributed by atoms with Crippen molar-refractivity contribution in [1.29, 1.82) is 0 Å². The highest BCUT2D eigenvalue weighted by Crippen LogP contribution is 2.46. The zero-order valence-electron chi connectivity index (χ0n) is 16.2. The number of hydrogen-bond donors (Lipinski definition) is 0. The molecule has 0 N–H and O–H groups in total. The van der Waals surface area contributed by atoms with E-state index >= 15 is 0 Å². The lowest BCUT2D eigenvalue weighted by Gasteiger charge is -2.36. The number of hydrogen-bond acceptors (Lipinski definition) is 4. The summed E-state index contributed by atoms with van der Waals surface area (Å²) >= 11 is 6.11. The Hall–Kier alpha value is -1.98. The molecule has 1 aliphatic heterocycles. The molecule has 5 nitrogen and oxygen atoms in total. The molecule has 1 aromatic carbocycles. The van der Waals surface area contributed by atoms with Crippen LogP contribution in [0.2, 0.25) is 5.02 Å². The van der Waals surface area contributed by atoms with Gasteiger partial charge >= 0.3 is 0 Å². The monoisotopic (exact) mass is 399 g/mol. The molecule has 0 bridgehead atoms. The van der Waals surface area contributed by atoms with Crippen LogP contribution in [0.4, 0.5) is 0 Å². The average molecular weight is 400 g/mol. The van der Waals surface area contributed by atoms with Gasteiger partial charge in [-0.3, -0.25) is 14.5 Å². The molecule has 1 aromatic heterocycles. The highest BCUT2D eigenvalue weighted by molar-refractivity contribution is 6.30. The number of carbonyl (C=O) groups is 2. The second-order valence-electron chi connectivity index (χ2n) is 8.40. The van der Waals surface area contributed by atoms with Crippen LogP contribution in [0.3, 0.4) is 0 Å². The number of carbonyl (C=O) groups excluding carboxylic acids is 2. The van der Waals surface area contributed by atoms with Gasteiger partial charge in [0.25, 0.3) is 0 Å². The topological polar surface area (TPSA) is 55.2 Å². The maximum atomic E-state index is 12.7. The van der Waals surface area contributed by atoms with Crippen LogP contribution in [0.25, 0.3) is 0 Å². The van der Waals surface area contributed by atoms with Gasteiger partial charge < -0.3 is 0 Å². The molecule has 0 amide bonds. The highest BCUT2D eigenvalue weighted by atomic mass is 35.5. The summed E-state index contributed by atoms with van der Waals surface area (Å²) in [6, 6.07) is 9.71. The van der Waals surface area contributed by atoms with E-state index in [1.165, 1.54) is 23.6 Å². The zero-order valence-corrected chi connectivity index (χ0v) is 17.0. The van der Waals surface area contributed by atoms with Crippen molar-refractivity contribution in [2.45, 2.75) is 45.6 Å². The summed E-state index contributed by atoms with van der Waals surface area (Å²) in [5, 5.41) is 4.93. The number of halogens is 1. The van der Waals surface area contributed by atoms with Crippen LogP contribution in [0.1, 0.15) is 59.9 Å². The van der Waals surface area contributed by atoms with Crippen molar-refractivity contribution in [3.05, 3.63) is 52.8 Å². The number of Topliss-reactive ketones (excluding diaryl/α,β-unsaturated/α-hetero) is 1. The molecule has 2 fully saturated rings. The van der Waals surface area contributed by atoms with Crippen LogP contribution in [0, 0.1) is 11.3 Å². The number of benzene rings is 1. The first-order valence-electron chi connectivity index (χ1n) is 10.0. The lowest BCUT2D eigenvalue weighted by atomic mass is 9.70. The van der Waals surface area contributed by atoms with Gasteiger partial charge in [-0.05, 0) is 67.8 Å². The van der Waals surface area contributed by atoms with Crippen LogP contribution < -0.4 is 0 Å². The van der Waals surface area contributed by atoms with E-state index in [0.29, 0.717) is 11.1 Å². The maximum absolute atomic E-state index is 12.7. The second kappa shape index (κ2) is 7.80. The molecule has 28 heavy (non-hydrogen) atoms. The zero-order chi connectivity index (χ0) is 19.7. The molecule has 4 rings (SSSR count). The Balaban J connectivity index is 1.33. The number of nitrogens with zero attached hydrogens (tertiary/aromatic N) is 3. The molecule has 1 saturated heterocycles. The number of ketones is 1. The Morgan fingerprint density at radius 2 is 2.00 bits per heavy atom. The molecule has 2 aliphatic rings. The van der Waals surface area contributed by atoms with Gasteiger partial charge in [-0.15, -0.1) is 0 Å². The molecule has 0 unspecified atom stereocenters. The maximum Gasteiger partial charge on any atom is 0.249 e. The van der Waals surface area contributed by atoms with Gasteiger partial charge in [-0.1, -0.05) is 23.7 Å². The number of aromatic nitrogens is 2. The van der Waals surface area contributed by atoms with Crippen LogP contribution >= 0.6 is 11.6 Å². The largest absolute Gasteiger partial charge is 0.299 e. The van der Waals surface area contributed by atoms with Crippen LogP contribution in [0.15, 0.2) is 36.5 Å². The highest BCUT2D eigenvalue weighted by Gasteiger charge is 2.42. The van der Waals surface area contributed by atoms with Crippen molar-refractivity contribution in [1.82, 2.24) is 14.7 Å². The summed E-state index contributed by atoms with van der Waals surface area (Å²) in [6.45, 7) is 4.60. The third-order valence-corrected chi connectivity index (χ3v) is 6.62. The molecule has 2 heterocycles. The Labute approximate surface area is 170 Å². The van der Waals surface area contributed by atoms with Crippen LogP contribution in [-0.4, -0.2) is 39.5 Å². The predicted molar refractivity (Wildman–Crippen MR) is 109 cm³/mol. The summed E-state index contributed by atoms with van der Waals surface area (Å²) in [7, 11) is 0. The van der Waals surface area contributed by atoms with Crippen molar-refractivity contribution in [3.63, 3.8) is 0 Å². The van der Waals surface area contributed by atoms with Crippen molar-refractivity contribution in [2.24, 2.45) is 11.3 Å². The van der Waals surface area contributed by atoms with E-state index in [9.17, 15) is 9.59 Å². The van der Waals surface area contributed by atoms with Crippen molar-refractivity contribution >= 4 is 23.3 Å². The summed E-state index contributed by atoms with van der Waals surface area (Å²) in [5.74, 6) is -0.0802. The summed E-state index contributed by atoms with van der Waals surface area (Å²) in [5.41, 5.74) is 1.95. The Morgan fingerprint density at radius 1 is 1.21 bits per heavy atom. The van der Waals surface area contributed by atoms with Gasteiger partial charge in [-0.25, -0.2) is 4.68 Å². The predicted octanol–water partition coefficient (Wildman–Crippen LogP) is 4.46. The number of rotatable bonds is 4. The molecule has 6 heteroatoms. The molecule has 1 aliphatic carbocycles. The standard InChI is InChI=1S/C22H26ClN3O2/c1-16(27)20-7-11-26(24-20)21(28)18-5-8-22(9-6-18)10-12-25(15-22)14-17-3-2-4-19(23)13-17/h2-4,7,11,13,18H,5-6,8-10,12,14-15H2,1H3. The van der Waals surface area contributed by atoms with E-state index in [2.05, 4.69) is 16.1 Å². The van der Waals surface area contributed by atoms with Gasteiger partial charge in [0.15, 0.2) is 5.78 Å². The molecule has 148 valence electrons. The minimum absolute atomic E-state index is 0.00677. The first-order valence-corrected chi connectivity index (χ1v) is 10.4. The molecular weight excluding hydrogens is 374 g/mol.